The zero-order valence-electron chi connectivity index (χ0n) is 9.91. The van der Waals surface area contributed by atoms with Crippen LogP contribution in [0.1, 0.15) is 33.6 Å². The van der Waals surface area contributed by atoms with Crippen LogP contribution in [0.2, 0.25) is 0 Å². The molecule has 0 N–H and O–H groups in total. The monoisotopic (exact) mass is 231 g/mol. The Balaban J connectivity index is 2.53. The highest BCUT2D eigenvalue weighted by Crippen LogP contribution is 2.21. The van der Waals surface area contributed by atoms with E-state index >= 15 is 0 Å². The summed E-state index contributed by atoms with van der Waals surface area (Å²) < 4.78 is 11.7. The van der Waals surface area contributed by atoms with Crippen LogP contribution in [0.15, 0.2) is 0 Å². The van der Waals surface area contributed by atoms with Crippen LogP contribution in [0, 0.1) is 0 Å². The van der Waals surface area contributed by atoms with E-state index in [4.69, 9.17) is 0 Å². The molecule has 0 aromatic carbocycles. The van der Waals surface area contributed by atoms with Gasteiger partial charge in [-0.15, -0.1) is 0 Å². The summed E-state index contributed by atoms with van der Waals surface area (Å²) in [5.41, 5.74) is 0. The van der Waals surface area contributed by atoms with Gasteiger partial charge < -0.3 is 0 Å². The first-order valence-corrected chi connectivity index (χ1v) is 6.90. The Morgan fingerprint density at radius 3 is 2.67 bits per heavy atom. The molecule has 1 heterocycles. The average molecular weight is 231 g/mol. The third-order valence-electron chi connectivity index (χ3n) is 3.03. The van der Waals surface area contributed by atoms with E-state index in [1.54, 1.807) is 0 Å². The third-order valence-corrected chi connectivity index (χ3v) is 5.02. The molecule has 0 spiro atoms. The molecule has 4 heteroatoms. The summed E-state index contributed by atoms with van der Waals surface area (Å²) in [5.74, 6) is 0.977. The number of hydrogen-bond acceptors (Lipinski definition) is 3. The number of rotatable bonds is 3. The van der Waals surface area contributed by atoms with Crippen molar-refractivity contribution in [3.63, 3.8) is 0 Å². The molecule has 3 nitrogen and oxygen atoms in total. The van der Waals surface area contributed by atoms with Gasteiger partial charge in [0.15, 0.2) is 0 Å². The minimum atomic E-state index is -0.758. The molecule has 0 aromatic rings. The van der Waals surface area contributed by atoms with Gasteiger partial charge in [-0.05, 0) is 20.3 Å². The Kier molecular flexibility index (Phi) is 4.46. The van der Waals surface area contributed by atoms with Crippen molar-refractivity contribution in [2.45, 2.75) is 38.4 Å². The highest BCUT2D eigenvalue weighted by Gasteiger charge is 2.29. The number of carbonyl (C=O) groups is 1. The quantitative estimate of drug-likeness (QED) is 0.732. The maximum absolute atomic E-state index is 11.8. The van der Waals surface area contributed by atoms with E-state index < -0.39 is 10.8 Å². The van der Waals surface area contributed by atoms with Gasteiger partial charge in [-0.25, -0.2) is 0 Å². The summed E-state index contributed by atoms with van der Waals surface area (Å²) in [6.07, 6.45) is 1.51. The molecule has 1 fully saturated rings. The second-order valence-corrected chi connectivity index (χ2v) is 6.93. The summed E-state index contributed by atoms with van der Waals surface area (Å²) in [6, 6.07) is 0. The van der Waals surface area contributed by atoms with Gasteiger partial charge in [0.05, 0.1) is 6.54 Å². The molecule has 1 rings (SSSR count). The normalized spacial score (nSPS) is 27.3. The lowest BCUT2D eigenvalue weighted by atomic mass is 10.1. The molecule has 1 aliphatic rings. The van der Waals surface area contributed by atoms with Crippen LogP contribution < -0.4 is 0 Å². The van der Waals surface area contributed by atoms with Crippen LogP contribution in [0.3, 0.4) is 0 Å². The summed E-state index contributed by atoms with van der Waals surface area (Å²) in [7, 11) is -0.758. The number of nitrogens with zero attached hydrogens (tertiary/aromatic N) is 1. The molecule has 0 amide bonds. The smallest absolute Gasteiger partial charge is 0.146 e. The molecule has 0 bridgehead atoms. The van der Waals surface area contributed by atoms with Gasteiger partial charge in [0.1, 0.15) is 5.78 Å². The summed E-state index contributed by atoms with van der Waals surface area (Å²) in [5, 5.41) is 0. The topological polar surface area (TPSA) is 37.4 Å². The van der Waals surface area contributed by atoms with Gasteiger partial charge in [0.25, 0.3) is 0 Å². The lowest BCUT2D eigenvalue weighted by Gasteiger charge is -2.21. The van der Waals surface area contributed by atoms with E-state index in [0.29, 0.717) is 18.7 Å². The largest absolute Gasteiger partial charge is 0.298 e. The first-order chi connectivity index (χ1) is 6.95. The Morgan fingerprint density at radius 1 is 1.40 bits per heavy atom. The molecule has 1 unspecified atom stereocenters. The minimum absolute atomic E-state index is 0.0932. The van der Waals surface area contributed by atoms with E-state index in [9.17, 15) is 9.00 Å². The van der Waals surface area contributed by atoms with Crippen LogP contribution in [-0.2, 0) is 15.6 Å². The van der Waals surface area contributed by atoms with Crippen LogP contribution in [-0.4, -0.2) is 45.0 Å². The number of Topliss-reactive ketones (excluding diaryl/α,β-unsaturated/α-hetero) is 1. The van der Waals surface area contributed by atoms with Gasteiger partial charge in [-0.3, -0.25) is 13.9 Å². The maximum atomic E-state index is 11.8. The predicted octanol–water partition coefficient (Wildman–Crippen LogP) is 1.20. The van der Waals surface area contributed by atoms with Gasteiger partial charge in [0, 0.05) is 40.8 Å². The van der Waals surface area contributed by atoms with Crippen molar-refractivity contribution >= 4 is 16.6 Å². The summed E-state index contributed by atoms with van der Waals surface area (Å²) in [4.78, 5) is 13.5. The summed E-state index contributed by atoms with van der Waals surface area (Å²) >= 11 is 0. The average Bonchev–Trinajstić information content (AvgIpc) is 2.31. The van der Waals surface area contributed by atoms with Crippen molar-refractivity contribution in [1.29, 1.82) is 0 Å². The van der Waals surface area contributed by atoms with Crippen molar-refractivity contribution in [3.8, 4) is 0 Å². The van der Waals surface area contributed by atoms with Crippen LogP contribution in [0.4, 0.5) is 0 Å². The minimum Gasteiger partial charge on any atom is -0.298 e. The number of hydrogen-bond donors (Lipinski definition) is 0. The predicted molar refractivity (Wildman–Crippen MR) is 63.4 cm³/mol. The van der Waals surface area contributed by atoms with E-state index in [1.807, 2.05) is 20.8 Å². The van der Waals surface area contributed by atoms with Crippen LogP contribution >= 0.6 is 0 Å². The lowest BCUT2D eigenvalue weighted by molar-refractivity contribution is -0.119. The van der Waals surface area contributed by atoms with Gasteiger partial charge in [-0.2, -0.15) is 0 Å². The standard InChI is InChI=1S/C11H21NO2S/c1-4-10(13)9-12-6-5-11(2,3)15(14)8-7-12/h4-9H2,1-3H3. The molecule has 88 valence electrons. The number of ketones is 1. The van der Waals surface area contributed by atoms with Gasteiger partial charge >= 0.3 is 0 Å². The molecular weight excluding hydrogens is 210 g/mol. The molecule has 1 atom stereocenters. The van der Waals surface area contributed by atoms with Crippen LogP contribution in [0.5, 0.6) is 0 Å². The molecule has 0 saturated carbocycles. The lowest BCUT2D eigenvalue weighted by Crippen LogP contribution is -2.32. The maximum Gasteiger partial charge on any atom is 0.146 e. The Morgan fingerprint density at radius 2 is 2.07 bits per heavy atom. The van der Waals surface area contributed by atoms with E-state index in [0.717, 1.165) is 19.5 Å². The molecule has 0 aliphatic carbocycles. The van der Waals surface area contributed by atoms with Crippen LogP contribution in [0.25, 0.3) is 0 Å². The van der Waals surface area contributed by atoms with Crippen molar-refractivity contribution in [3.05, 3.63) is 0 Å². The fourth-order valence-electron chi connectivity index (χ4n) is 1.66. The summed E-state index contributed by atoms with van der Waals surface area (Å²) in [6.45, 7) is 8.21. The van der Waals surface area contributed by atoms with Crippen molar-refractivity contribution < 1.29 is 9.00 Å². The molecule has 0 aromatic heterocycles. The SMILES string of the molecule is CCC(=O)CN1CCS(=O)C(C)(C)CC1. The highest BCUT2D eigenvalue weighted by atomic mass is 32.2. The fourth-order valence-corrected chi connectivity index (χ4v) is 2.96. The zero-order valence-corrected chi connectivity index (χ0v) is 10.7. The fraction of sp³-hybridized carbons (Fsp3) is 0.909. The second kappa shape index (κ2) is 5.21. The first-order valence-electron chi connectivity index (χ1n) is 5.58. The Labute approximate surface area is 94.7 Å². The molecular formula is C11H21NO2S. The van der Waals surface area contributed by atoms with E-state index in [1.165, 1.54) is 0 Å². The van der Waals surface area contributed by atoms with E-state index in [-0.39, 0.29) is 10.5 Å². The second-order valence-electron chi connectivity index (χ2n) is 4.73. The third kappa shape index (κ3) is 3.68. The molecule has 1 saturated heterocycles. The zero-order chi connectivity index (χ0) is 11.5. The van der Waals surface area contributed by atoms with Crippen molar-refractivity contribution in [2.24, 2.45) is 0 Å². The molecule has 0 radical (unpaired) electrons. The van der Waals surface area contributed by atoms with Gasteiger partial charge in [-0.1, -0.05) is 6.92 Å². The van der Waals surface area contributed by atoms with Crippen molar-refractivity contribution in [1.82, 2.24) is 4.90 Å². The highest BCUT2D eigenvalue weighted by molar-refractivity contribution is 7.86. The van der Waals surface area contributed by atoms with E-state index in [2.05, 4.69) is 4.90 Å². The number of carbonyl (C=O) groups excluding carboxylic acids is 1. The Hall–Kier alpha value is -0.220. The molecule has 1 aliphatic heterocycles. The molecule has 15 heavy (non-hydrogen) atoms. The van der Waals surface area contributed by atoms with Crippen molar-refractivity contribution in [2.75, 3.05) is 25.4 Å². The first kappa shape index (κ1) is 12.8. The van der Waals surface area contributed by atoms with Gasteiger partial charge in [0.2, 0.25) is 0 Å². The Bertz CT molecular complexity index is 263.